The number of nitrogens with one attached hydrogen (secondary N) is 2. The number of hydrogen-bond donors (Lipinski definition) is 7. The summed E-state index contributed by atoms with van der Waals surface area (Å²) in [5.41, 5.74) is 0. The van der Waals surface area contributed by atoms with Crippen LogP contribution in [0.15, 0.2) is 0 Å². The van der Waals surface area contributed by atoms with Crippen molar-refractivity contribution >= 4 is 11.8 Å². The molecule has 2 aliphatic rings. The number of carbonyl (C=O) groups is 2. The van der Waals surface area contributed by atoms with E-state index in [9.17, 15) is 35.1 Å². The van der Waals surface area contributed by atoms with E-state index in [1.54, 1.807) is 0 Å². The van der Waals surface area contributed by atoms with E-state index in [1.165, 1.54) is 20.8 Å². The molecular formula is C16H28N2O10. The molecule has 0 aliphatic carbocycles. The summed E-state index contributed by atoms with van der Waals surface area (Å²) in [7, 11) is 0. The molecule has 2 rings (SSSR count). The van der Waals surface area contributed by atoms with Gasteiger partial charge in [0.05, 0.1) is 12.7 Å². The van der Waals surface area contributed by atoms with Gasteiger partial charge in [-0.3, -0.25) is 9.59 Å². The lowest BCUT2D eigenvalue weighted by Crippen LogP contribution is -2.69. The van der Waals surface area contributed by atoms with Gasteiger partial charge in [-0.15, -0.1) is 0 Å². The SMILES string of the molecule is CC(=O)N[C@@H]1[C@@H](O[C@H]2O[C@H](CO)[C@H](O)[C@H](O)[C@H]2NC(C)=O)[C@@H](O)[C@@H](C)O[C@H]1O. The first-order valence-electron chi connectivity index (χ1n) is 8.90. The number of hydrogen-bond acceptors (Lipinski definition) is 10. The number of carbonyl (C=O) groups excluding carboxylic acids is 2. The van der Waals surface area contributed by atoms with E-state index in [-0.39, 0.29) is 0 Å². The van der Waals surface area contributed by atoms with Crippen LogP contribution in [-0.4, -0.2) is 105 Å². The topological polar surface area (TPSA) is 187 Å². The first-order valence-corrected chi connectivity index (χ1v) is 8.90. The van der Waals surface area contributed by atoms with E-state index in [1.807, 2.05) is 0 Å². The van der Waals surface area contributed by atoms with E-state index in [0.29, 0.717) is 0 Å². The fourth-order valence-electron chi connectivity index (χ4n) is 3.32. The van der Waals surface area contributed by atoms with Gasteiger partial charge in [-0.2, -0.15) is 0 Å². The van der Waals surface area contributed by atoms with Crippen LogP contribution in [0.3, 0.4) is 0 Å². The zero-order valence-corrected chi connectivity index (χ0v) is 15.8. The van der Waals surface area contributed by atoms with Crippen molar-refractivity contribution in [3.63, 3.8) is 0 Å². The Morgan fingerprint density at radius 2 is 1.50 bits per heavy atom. The summed E-state index contributed by atoms with van der Waals surface area (Å²) in [6.07, 6.45) is -10.6. The molecule has 7 N–H and O–H groups in total. The third kappa shape index (κ3) is 4.96. The third-order valence-electron chi connectivity index (χ3n) is 4.74. The minimum absolute atomic E-state index is 0.519. The third-order valence-corrected chi connectivity index (χ3v) is 4.74. The monoisotopic (exact) mass is 408 g/mol. The average molecular weight is 408 g/mol. The van der Waals surface area contributed by atoms with Crippen LogP contribution in [0.2, 0.25) is 0 Å². The highest BCUT2D eigenvalue weighted by atomic mass is 16.7. The quantitative estimate of drug-likeness (QED) is 0.236. The second-order valence-corrected chi connectivity index (χ2v) is 6.98. The lowest BCUT2D eigenvalue weighted by Gasteiger charge is -2.47. The van der Waals surface area contributed by atoms with Crippen LogP contribution in [0.5, 0.6) is 0 Å². The van der Waals surface area contributed by atoms with E-state index in [2.05, 4.69) is 10.6 Å². The number of rotatable bonds is 5. The smallest absolute Gasteiger partial charge is 0.217 e. The molecule has 0 saturated carbocycles. The molecule has 0 radical (unpaired) electrons. The van der Waals surface area contributed by atoms with Crippen molar-refractivity contribution in [1.29, 1.82) is 0 Å². The van der Waals surface area contributed by atoms with Gasteiger partial charge < -0.3 is 50.4 Å². The van der Waals surface area contributed by atoms with E-state index >= 15 is 0 Å². The van der Waals surface area contributed by atoms with Crippen LogP contribution < -0.4 is 10.6 Å². The molecule has 0 aromatic heterocycles. The Hall–Kier alpha value is -1.38. The average Bonchev–Trinajstić information content (AvgIpc) is 2.61. The van der Waals surface area contributed by atoms with E-state index in [4.69, 9.17) is 14.2 Å². The summed E-state index contributed by atoms with van der Waals surface area (Å²) in [6.45, 7) is 3.22. The molecular weight excluding hydrogens is 380 g/mol. The maximum absolute atomic E-state index is 11.5. The van der Waals surface area contributed by atoms with E-state index < -0.39 is 79.7 Å². The molecule has 2 amide bonds. The molecule has 12 nitrogen and oxygen atoms in total. The summed E-state index contributed by atoms with van der Waals surface area (Å²) < 4.78 is 16.4. The molecule has 0 bridgehead atoms. The minimum Gasteiger partial charge on any atom is -0.394 e. The van der Waals surface area contributed by atoms with Gasteiger partial charge in [0.25, 0.3) is 0 Å². The molecule has 2 saturated heterocycles. The molecule has 162 valence electrons. The van der Waals surface area contributed by atoms with Crippen LogP contribution in [0.25, 0.3) is 0 Å². The molecule has 0 aromatic carbocycles. The Kier molecular flexibility index (Phi) is 7.70. The summed E-state index contributed by atoms with van der Waals surface area (Å²) in [4.78, 5) is 23.0. The maximum Gasteiger partial charge on any atom is 0.217 e. The predicted molar refractivity (Wildman–Crippen MR) is 90.4 cm³/mol. The molecule has 10 atom stereocenters. The van der Waals surface area contributed by atoms with Crippen LogP contribution in [0.4, 0.5) is 0 Å². The highest BCUT2D eigenvalue weighted by molar-refractivity contribution is 5.73. The first kappa shape index (κ1) is 22.9. The fraction of sp³-hybridized carbons (Fsp3) is 0.875. The fourth-order valence-corrected chi connectivity index (χ4v) is 3.32. The number of aliphatic hydroxyl groups excluding tert-OH is 5. The van der Waals surface area contributed by atoms with Crippen molar-refractivity contribution in [2.75, 3.05) is 6.61 Å². The lowest BCUT2D eigenvalue weighted by atomic mass is 9.95. The highest BCUT2D eigenvalue weighted by Gasteiger charge is 2.50. The Morgan fingerprint density at radius 3 is 2.04 bits per heavy atom. The number of amides is 2. The lowest BCUT2D eigenvalue weighted by molar-refractivity contribution is -0.320. The van der Waals surface area contributed by atoms with Crippen LogP contribution >= 0.6 is 0 Å². The largest absolute Gasteiger partial charge is 0.394 e. The Bertz CT molecular complexity index is 564. The Labute approximate surface area is 161 Å². The van der Waals surface area contributed by atoms with Gasteiger partial charge in [-0.25, -0.2) is 0 Å². The first-order chi connectivity index (χ1) is 13.1. The standard InChI is InChI=1S/C16H28N2O10/c1-5-11(22)14(10(15(25)26-5)18-7(3)21)28-16-9(17-6(2)20)13(24)12(23)8(4-19)27-16/h5,8-16,19,22-25H,4H2,1-3H3,(H,17,20)(H,18,21)/t5-,8-,9-,10-,11+,12+,13-,14-,15-,16-/m1/s1. The Morgan fingerprint density at radius 1 is 0.929 bits per heavy atom. The van der Waals surface area contributed by atoms with Crippen LogP contribution in [0, 0.1) is 0 Å². The van der Waals surface area contributed by atoms with Gasteiger partial charge >= 0.3 is 0 Å². The molecule has 12 heteroatoms. The van der Waals surface area contributed by atoms with Crippen molar-refractivity contribution in [3.8, 4) is 0 Å². The van der Waals surface area contributed by atoms with Crippen molar-refractivity contribution in [2.24, 2.45) is 0 Å². The molecule has 2 heterocycles. The molecule has 28 heavy (non-hydrogen) atoms. The van der Waals surface area contributed by atoms with Crippen LogP contribution in [0.1, 0.15) is 20.8 Å². The van der Waals surface area contributed by atoms with Crippen molar-refractivity contribution < 1.29 is 49.3 Å². The predicted octanol–water partition coefficient (Wildman–Crippen LogP) is -4.08. The summed E-state index contributed by atoms with van der Waals surface area (Å²) >= 11 is 0. The second kappa shape index (κ2) is 9.41. The van der Waals surface area contributed by atoms with Gasteiger partial charge in [-0.05, 0) is 6.92 Å². The van der Waals surface area contributed by atoms with Gasteiger partial charge in [0.15, 0.2) is 12.6 Å². The second-order valence-electron chi connectivity index (χ2n) is 6.98. The van der Waals surface area contributed by atoms with Gasteiger partial charge in [0, 0.05) is 13.8 Å². The van der Waals surface area contributed by atoms with Crippen molar-refractivity contribution in [1.82, 2.24) is 10.6 Å². The maximum atomic E-state index is 11.5. The molecule has 2 fully saturated rings. The minimum atomic E-state index is -1.54. The molecule has 0 spiro atoms. The van der Waals surface area contributed by atoms with Gasteiger partial charge in [-0.1, -0.05) is 0 Å². The summed E-state index contributed by atoms with van der Waals surface area (Å²) in [5, 5.41) is 55.2. The molecule has 0 unspecified atom stereocenters. The number of ether oxygens (including phenoxy) is 3. The van der Waals surface area contributed by atoms with Crippen molar-refractivity contribution in [2.45, 2.75) is 82.1 Å². The normalized spacial score (nSPS) is 44.0. The Balaban J connectivity index is 2.29. The van der Waals surface area contributed by atoms with Crippen LogP contribution in [-0.2, 0) is 23.8 Å². The zero-order chi connectivity index (χ0) is 21.2. The van der Waals surface area contributed by atoms with Crippen molar-refractivity contribution in [3.05, 3.63) is 0 Å². The zero-order valence-electron chi connectivity index (χ0n) is 15.8. The molecule has 0 aromatic rings. The summed E-state index contributed by atoms with van der Waals surface area (Å²) in [5.74, 6) is -1.06. The molecule has 2 aliphatic heterocycles. The summed E-state index contributed by atoms with van der Waals surface area (Å²) in [6, 6.07) is -2.42. The van der Waals surface area contributed by atoms with Gasteiger partial charge in [0.1, 0.15) is 42.6 Å². The van der Waals surface area contributed by atoms with Gasteiger partial charge in [0.2, 0.25) is 11.8 Å². The van der Waals surface area contributed by atoms with E-state index in [0.717, 1.165) is 0 Å². The highest BCUT2D eigenvalue weighted by Crippen LogP contribution is 2.28. The number of aliphatic hydroxyl groups is 5.